The molecule has 0 spiro atoms. The lowest BCUT2D eigenvalue weighted by Gasteiger charge is -2.20. The molecule has 0 N–H and O–H groups in total. The quantitative estimate of drug-likeness (QED) is 0.743. The molecule has 2 rings (SSSR count). The van der Waals surface area contributed by atoms with E-state index in [1.54, 1.807) is 7.11 Å². The Labute approximate surface area is 114 Å². The van der Waals surface area contributed by atoms with E-state index in [-0.39, 0.29) is 0 Å². The zero-order valence-electron chi connectivity index (χ0n) is 11.5. The molecule has 0 bridgehead atoms. The first-order chi connectivity index (χ1) is 9.31. The highest BCUT2D eigenvalue weighted by molar-refractivity contribution is 5.28. The van der Waals surface area contributed by atoms with Crippen LogP contribution in [0.4, 0.5) is 0 Å². The van der Waals surface area contributed by atoms with Crippen molar-refractivity contribution in [1.82, 2.24) is 10.0 Å². The van der Waals surface area contributed by atoms with E-state index in [2.05, 4.69) is 35.3 Å². The molecule has 3 heteroatoms. The van der Waals surface area contributed by atoms with Crippen molar-refractivity contribution in [3.8, 4) is 0 Å². The van der Waals surface area contributed by atoms with Crippen LogP contribution >= 0.6 is 0 Å². The van der Waals surface area contributed by atoms with Crippen LogP contribution in [0.15, 0.2) is 54.7 Å². The summed E-state index contributed by atoms with van der Waals surface area (Å²) in [7, 11) is 3.64. The minimum absolute atomic E-state index is 0.306. The van der Waals surface area contributed by atoms with Crippen LogP contribution in [0.3, 0.4) is 0 Å². The number of hydroxylamine groups is 2. The molecule has 0 aliphatic carbocycles. The highest BCUT2D eigenvalue weighted by Crippen LogP contribution is 2.26. The number of nitrogens with zero attached hydrogens (tertiary/aromatic N) is 2. The number of hydrogen-bond donors (Lipinski definition) is 0. The standard InChI is InChI=1S/C16H20N2O/c1-18(19-2)13-11-15(14-8-4-3-5-9-14)16-10-6-7-12-17-16/h3-10,12,15H,11,13H2,1-2H3/t15-/m1/s1. The van der Waals surface area contributed by atoms with Crippen LogP contribution in [0.2, 0.25) is 0 Å². The van der Waals surface area contributed by atoms with Gasteiger partial charge in [-0.2, -0.15) is 5.06 Å². The molecule has 1 atom stereocenters. The normalized spacial score (nSPS) is 12.6. The van der Waals surface area contributed by atoms with Crippen molar-refractivity contribution < 1.29 is 4.84 Å². The van der Waals surface area contributed by atoms with Crippen LogP contribution in [-0.2, 0) is 4.84 Å². The van der Waals surface area contributed by atoms with Crippen LogP contribution in [0.5, 0.6) is 0 Å². The molecule has 0 saturated heterocycles. The average Bonchev–Trinajstić information content (AvgIpc) is 2.49. The lowest BCUT2D eigenvalue weighted by molar-refractivity contribution is -0.109. The second-order valence-corrected chi connectivity index (χ2v) is 4.54. The van der Waals surface area contributed by atoms with Crippen LogP contribution < -0.4 is 0 Å². The maximum Gasteiger partial charge on any atom is 0.0575 e. The van der Waals surface area contributed by atoms with Gasteiger partial charge in [0.05, 0.1) is 7.11 Å². The summed E-state index contributed by atoms with van der Waals surface area (Å²) >= 11 is 0. The van der Waals surface area contributed by atoms with Gasteiger partial charge in [0, 0.05) is 31.4 Å². The summed E-state index contributed by atoms with van der Waals surface area (Å²) in [5.74, 6) is 0.306. The molecule has 0 unspecified atom stereocenters. The van der Waals surface area contributed by atoms with Gasteiger partial charge in [0.25, 0.3) is 0 Å². The Hall–Kier alpha value is -1.71. The van der Waals surface area contributed by atoms with Gasteiger partial charge in [0.15, 0.2) is 0 Å². The van der Waals surface area contributed by atoms with E-state index in [0.717, 1.165) is 18.7 Å². The summed E-state index contributed by atoms with van der Waals surface area (Å²) in [5.41, 5.74) is 2.41. The first kappa shape index (κ1) is 13.7. The van der Waals surface area contributed by atoms with Gasteiger partial charge >= 0.3 is 0 Å². The van der Waals surface area contributed by atoms with Crippen molar-refractivity contribution in [2.45, 2.75) is 12.3 Å². The SMILES string of the molecule is CON(C)CC[C@H](c1ccccc1)c1ccccn1. The molecule has 1 aromatic carbocycles. The van der Waals surface area contributed by atoms with Crippen LogP contribution in [0, 0.1) is 0 Å². The molecule has 100 valence electrons. The molecule has 0 fully saturated rings. The largest absolute Gasteiger partial charge is 0.303 e. The van der Waals surface area contributed by atoms with Gasteiger partial charge in [0.1, 0.15) is 0 Å². The average molecular weight is 256 g/mol. The second-order valence-electron chi connectivity index (χ2n) is 4.54. The van der Waals surface area contributed by atoms with Crippen molar-refractivity contribution in [2.24, 2.45) is 0 Å². The first-order valence-electron chi connectivity index (χ1n) is 6.52. The number of rotatable bonds is 6. The van der Waals surface area contributed by atoms with E-state index < -0.39 is 0 Å². The van der Waals surface area contributed by atoms with Gasteiger partial charge in [-0.15, -0.1) is 0 Å². The number of hydrogen-bond acceptors (Lipinski definition) is 3. The highest BCUT2D eigenvalue weighted by atomic mass is 16.7. The van der Waals surface area contributed by atoms with Gasteiger partial charge in [-0.05, 0) is 24.1 Å². The van der Waals surface area contributed by atoms with Crippen molar-refractivity contribution in [1.29, 1.82) is 0 Å². The lowest BCUT2D eigenvalue weighted by atomic mass is 9.92. The summed E-state index contributed by atoms with van der Waals surface area (Å²) in [6, 6.07) is 16.6. The third-order valence-electron chi connectivity index (χ3n) is 3.29. The third-order valence-corrected chi connectivity index (χ3v) is 3.29. The Morgan fingerprint density at radius 2 is 1.84 bits per heavy atom. The van der Waals surface area contributed by atoms with E-state index in [1.807, 2.05) is 36.5 Å². The third kappa shape index (κ3) is 3.88. The molecule has 19 heavy (non-hydrogen) atoms. The van der Waals surface area contributed by atoms with E-state index in [0.29, 0.717) is 5.92 Å². The predicted molar refractivity (Wildman–Crippen MR) is 76.8 cm³/mol. The molecular formula is C16H20N2O. The summed E-state index contributed by atoms with van der Waals surface area (Å²) in [5, 5.41) is 1.85. The molecule has 0 radical (unpaired) electrons. The fourth-order valence-corrected chi connectivity index (χ4v) is 2.15. The Kier molecular flexibility index (Phi) is 5.07. The van der Waals surface area contributed by atoms with Crippen LogP contribution in [0.25, 0.3) is 0 Å². The fourth-order valence-electron chi connectivity index (χ4n) is 2.15. The highest BCUT2D eigenvalue weighted by Gasteiger charge is 2.15. The van der Waals surface area contributed by atoms with Crippen molar-refractivity contribution in [2.75, 3.05) is 20.7 Å². The summed E-state index contributed by atoms with van der Waals surface area (Å²) in [6.45, 7) is 0.868. The Morgan fingerprint density at radius 1 is 1.11 bits per heavy atom. The van der Waals surface area contributed by atoms with E-state index >= 15 is 0 Å². The molecule has 0 amide bonds. The van der Waals surface area contributed by atoms with Crippen molar-refractivity contribution >= 4 is 0 Å². The zero-order valence-corrected chi connectivity index (χ0v) is 11.5. The summed E-state index contributed by atoms with van der Waals surface area (Å²) < 4.78 is 0. The Balaban J connectivity index is 2.19. The van der Waals surface area contributed by atoms with Crippen molar-refractivity contribution in [3.05, 3.63) is 66.0 Å². The molecule has 0 aliphatic rings. The van der Waals surface area contributed by atoms with Gasteiger partial charge in [0.2, 0.25) is 0 Å². The molecule has 0 saturated carbocycles. The van der Waals surface area contributed by atoms with Gasteiger partial charge in [-0.3, -0.25) is 4.98 Å². The molecular weight excluding hydrogens is 236 g/mol. The van der Waals surface area contributed by atoms with Gasteiger partial charge < -0.3 is 4.84 Å². The molecule has 2 aromatic rings. The van der Waals surface area contributed by atoms with Crippen LogP contribution in [0.1, 0.15) is 23.6 Å². The van der Waals surface area contributed by atoms with E-state index in [9.17, 15) is 0 Å². The Bertz CT molecular complexity index is 433. The number of benzene rings is 1. The number of pyridine rings is 1. The minimum atomic E-state index is 0.306. The fraction of sp³-hybridized carbons (Fsp3) is 0.312. The lowest BCUT2D eigenvalue weighted by Crippen LogP contribution is -2.20. The van der Waals surface area contributed by atoms with Gasteiger partial charge in [-0.1, -0.05) is 36.4 Å². The monoisotopic (exact) mass is 256 g/mol. The topological polar surface area (TPSA) is 25.4 Å². The molecule has 1 aromatic heterocycles. The maximum absolute atomic E-state index is 5.19. The van der Waals surface area contributed by atoms with Crippen LogP contribution in [-0.4, -0.2) is 30.7 Å². The van der Waals surface area contributed by atoms with Gasteiger partial charge in [-0.25, -0.2) is 0 Å². The minimum Gasteiger partial charge on any atom is -0.303 e. The number of aromatic nitrogens is 1. The zero-order chi connectivity index (χ0) is 13.5. The maximum atomic E-state index is 5.19. The molecule has 0 aliphatic heterocycles. The Morgan fingerprint density at radius 3 is 2.47 bits per heavy atom. The smallest absolute Gasteiger partial charge is 0.0575 e. The first-order valence-corrected chi connectivity index (χ1v) is 6.52. The van der Waals surface area contributed by atoms with E-state index in [4.69, 9.17) is 4.84 Å². The second kappa shape index (κ2) is 7.02. The molecule has 1 heterocycles. The predicted octanol–water partition coefficient (Wildman–Crippen LogP) is 3.10. The van der Waals surface area contributed by atoms with Crippen molar-refractivity contribution in [3.63, 3.8) is 0 Å². The summed E-state index contributed by atoms with van der Waals surface area (Å²) in [6.07, 6.45) is 2.83. The molecule has 3 nitrogen and oxygen atoms in total. The summed E-state index contributed by atoms with van der Waals surface area (Å²) in [4.78, 5) is 9.69. The van der Waals surface area contributed by atoms with E-state index in [1.165, 1.54) is 5.56 Å².